The van der Waals surface area contributed by atoms with Crippen molar-refractivity contribution in [3.8, 4) is 0 Å². The van der Waals surface area contributed by atoms with Crippen LogP contribution in [0.5, 0.6) is 0 Å². The van der Waals surface area contributed by atoms with E-state index in [0.29, 0.717) is 6.04 Å². The molecule has 1 aliphatic carbocycles. The first-order valence-corrected chi connectivity index (χ1v) is 5.70. The van der Waals surface area contributed by atoms with Crippen LogP contribution < -0.4 is 5.32 Å². The third kappa shape index (κ3) is 1.19. The van der Waals surface area contributed by atoms with Crippen molar-refractivity contribution in [3.05, 3.63) is 34.4 Å². The van der Waals surface area contributed by atoms with E-state index in [9.17, 15) is 0 Å². The highest BCUT2D eigenvalue weighted by atomic mass is 15.0. The van der Waals surface area contributed by atoms with E-state index in [1.807, 2.05) is 0 Å². The molecule has 74 valence electrons. The lowest BCUT2D eigenvalue weighted by Gasteiger charge is -2.30. The van der Waals surface area contributed by atoms with E-state index in [4.69, 9.17) is 0 Å². The molecule has 1 saturated heterocycles. The van der Waals surface area contributed by atoms with Gasteiger partial charge in [-0.1, -0.05) is 17.7 Å². The number of fused-ring (bicyclic) bond motifs is 1. The fraction of sp³-hybridized carbons (Fsp3) is 0.538. The third-order valence-electron chi connectivity index (χ3n) is 3.59. The summed E-state index contributed by atoms with van der Waals surface area (Å²) >= 11 is 0. The summed E-state index contributed by atoms with van der Waals surface area (Å²) in [4.78, 5) is 0. The molecule has 1 aliphatic heterocycles. The van der Waals surface area contributed by atoms with Gasteiger partial charge in [-0.2, -0.15) is 0 Å². The minimum absolute atomic E-state index is 0.668. The summed E-state index contributed by atoms with van der Waals surface area (Å²) in [6.07, 6.45) is 5.30. The van der Waals surface area contributed by atoms with Crippen molar-refractivity contribution < 1.29 is 0 Å². The van der Waals surface area contributed by atoms with Gasteiger partial charge in [-0.25, -0.2) is 0 Å². The quantitative estimate of drug-likeness (QED) is 0.712. The van der Waals surface area contributed by atoms with Gasteiger partial charge in [-0.15, -0.1) is 0 Å². The maximum absolute atomic E-state index is 3.52. The van der Waals surface area contributed by atoms with Crippen molar-refractivity contribution in [2.75, 3.05) is 6.54 Å². The van der Waals surface area contributed by atoms with E-state index >= 15 is 0 Å². The summed E-state index contributed by atoms with van der Waals surface area (Å²) in [5.41, 5.74) is 6.32. The topological polar surface area (TPSA) is 12.0 Å². The van der Waals surface area contributed by atoms with E-state index < -0.39 is 0 Å². The van der Waals surface area contributed by atoms with Crippen LogP contribution in [-0.2, 0) is 12.8 Å². The normalized spacial score (nSPS) is 24.5. The Morgan fingerprint density at radius 3 is 2.86 bits per heavy atom. The molecular formula is C13H17N. The molecule has 0 radical (unpaired) electrons. The van der Waals surface area contributed by atoms with Crippen LogP contribution >= 0.6 is 0 Å². The van der Waals surface area contributed by atoms with Gasteiger partial charge in [-0.05, 0) is 55.8 Å². The highest BCUT2D eigenvalue weighted by Crippen LogP contribution is 2.33. The predicted octanol–water partition coefficient (Wildman–Crippen LogP) is 2.52. The summed E-state index contributed by atoms with van der Waals surface area (Å²) < 4.78 is 0. The molecule has 0 unspecified atom stereocenters. The number of hydrogen-bond acceptors (Lipinski definition) is 1. The van der Waals surface area contributed by atoms with E-state index in [1.54, 1.807) is 16.7 Å². The average Bonchev–Trinajstić information content (AvgIpc) is 2.47. The number of hydrogen-bond donors (Lipinski definition) is 1. The van der Waals surface area contributed by atoms with Crippen molar-refractivity contribution >= 4 is 0 Å². The van der Waals surface area contributed by atoms with Gasteiger partial charge in [0.15, 0.2) is 0 Å². The van der Waals surface area contributed by atoms with Gasteiger partial charge < -0.3 is 5.32 Å². The van der Waals surface area contributed by atoms with Crippen molar-refractivity contribution in [1.82, 2.24) is 5.32 Å². The fourth-order valence-electron chi connectivity index (χ4n) is 2.77. The molecule has 0 saturated carbocycles. The molecule has 2 aliphatic rings. The number of rotatable bonds is 1. The van der Waals surface area contributed by atoms with Crippen molar-refractivity contribution in [1.29, 1.82) is 0 Å². The van der Waals surface area contributed by atoms with Gasteiger partial charge in [-0.3, -0.25) is 0 Å². The molecule has 1 fully saturated rings. The largest absolute Gasteiger partial charge is 0.310 e. The highest BCUT2D eigenvalue weighted by Gasteiger charge is 2.24. The van der Waals surface area contributed by atoms with Crippen molar-refractivity contribution in [2.45, 2.75) is 38.6 Å². The number of nitrogens with one attached hydrogen (secondary N) is 1. The van der Waals surface area contributed by atoms with E-state index in [1.165, 1.54) is 37.8 Å². The Morgan fingerprint density at radius 2 is 2.14 bits per heavy atom. The van der Waals surface area contributed by atoms with Crippen LogP contribution in [-0.4, -0.2) is 6.54 Å². The zero-order chi connectivity index (χ0) is 9.54. The maximum atomic E-state index is 3.52. The predicted molar refractivity (Wildman–Crippen MR) is 58.6 cm³/mol. The molecule has 3 rings (SSSR count). The Morgan fingerprint density at radius 1 is 1.29 bits per heavy atom. The van der Waals surface area contributed by atoms with Gasteiger partial charge >= 0.3 is 0 Å². The van der Waals surface area contributed by atoms with Gasteiger partial charge in [0, 0.05) is 6.04 Å². The minimum atomic E-state index is 0.668. The molecule has 1 heteroatoms. The molecule has 0 bridgehead atoms. The lowest BCUT2D eigenvalue weighted by molar-refractivity contribution is 0.381. The Kier molecular flexibility index (Phi) is 1.88. The molecule has 1 heterocycles. The number of benzene rings is 1. The molecule has 1 aromatic carbocycles. The summed E-state index contributed by atoms with van der Waals surface area (Å²) in [7, 11) is 0. The second-order valence-corrected chi connectivity index (χ2v) is 4.64. The molecule has 0 aromatic heterocycles. The molecular weight excluding hydrogens is 170 g/mol. The first-order valence-electron chi connectivity index (χ1n) is 5.70. The van der Waals surface area contributed by atoms with Crippen LogP contribution in [0.3, 0.4) is 0 Å². The zero-order valence-electron chi connectivity index (χ0n) is 8.77. The van der Waals surface area contributed by atoms with Crippen LogP contribution in [0.15, 0.2) is 12.1 Å². The van der Waals surface area contributed by atoms with Gasteiger partial charge in [0.05, 0.1) is 0 Å². The van der Waals surface area contributed by atoms with Gasteiger partial charge in [0.2, 0.25) is 0 Å². The van der Waals surface area contributed by atoms with Gasteiger partial charge in [0.25, 0.3) is 0 Å². The Bertz CT molecular complexity index is 364. The van der Waals surface area contributed by atoms with Crippen LogP contribution in [0.25, 0.3) is 0 Å². The second kappa shape index (κ2) is 3.09. The first kappa shape index (κ1) is 8.49. The average molecular weight is 187 g/mol. The Hall–Kier alpha value is -0.820. The maximum Gasteiger partial charge on any atom is 0.0335 e. The molecule has 1 aromatic rings. The first-order chi connectivity index (χ1) is 6.84. The fourth-order valence-corrected chi connectivity index (χ4v) is 2.77. The van der Waals surface area contributed by atoms with E-state index in [-0.39, 0.29) is 0 Å². The summed E-state index contributed by atoms with van der Waals surface area (Å²) in [5.74, 6) is 0. The third-order valence-corrected chi connectivity index (χ3v) is 3.59. The van der Waals surface area contributed by atoms with E-state index in [0.717, 1.165) is 0 Å². The molecule has 1 N–H and O–H groups in total. The molecule has 14 heavy (non-hydrogen) atoms. The standard InChI is InChI=1S/C13H17N/c1-9-7-10-3-2-4-11(10)12(8-9)13-5-6-14-13/h7-8,13-14H,2-6H2,1H3/t13-/m0/s1. The lowest BCUT2D eigenvalue weighted by Crippen LogP contribution is -2.35. The minimum Gasteiger partial charge on any atom is -0.310 e. The summed E-state index contributed by atoms with van der Waals surface area (Å²) in [6, 6.07) is 5.44. The number of aryl methyl sites for hydroxylation is 2. The molecule has 1 nitrogen and oxygen atoms in total. The molecule has 0 amide bonds. The van der Waals surface area contributed by atoms with Crippen LogP contribution in [0.1, 0.15) is 41.1 Å². The second-order valence-electron chi connectivity index (χ2n) is 4.64. The monoisotopic (exact) mass is 187 g/mol. The highest BCUT2D eigenvalue weighted by molar-refractivity contribution is 5.43. The van der Waals surface area contributed by atoms with Crippen molar-refractivity contribution in [2.24, 2.45) is 0 Å². The summed E-state index contributed by atoms with van der Waals surface area (Å²) in [5, 5.41) is 3.52. The molecule has 1 atom stereocenters. The SMILES string of the molecule is Cc1cc2c(c([C@@H]3CCN3)c1)CCC2. The van der Waals surface area contributed by atoms with E-state index in [2.05, 4.69) is 24.4 Å². The summed E-state index contributed by atoms with van der Waals surface area (Å²) in [6.45, 7) is 3.42. The zero-order valence-corrected chi connectivity index (χ0v) is 8.77. The Labute approximate surface area is 85.5 Å². The Balaban J connectivity index is 2.08. The van der Waals surface area contributed by atoms with Crippen LogP contribution in [0, 0.1) is 6.92 Å². The van der Waals surface area contributed by atoms with Crippen molar-refractivity contribution in [3.63, 3.8) is 0 Å². The van der Waals surface area contributed by atoms with Crippen LogP contribution in [0.4, 0.5) is 0 Å². The smallest absolute Gasteiger partial charge is 0.0335 e. The lowest BCUT2D eigenvalue weighted by atomic mass is 9.90. The van der Waals surface area contributed by atoms with Gasteiger partial charge in [0.1, 0.15) is 0 Å². The van der Waals surface area contributed by atoms with Crippen LogP contribution in [0.2, 0.25) is 0 Å². The molecule has 0 spiro atoms.